The molecule has 1 heterocycles. The van der Waals surface area contributed by atoms with Gasteiger partial charge in [0.15, 0.2) is 5.11 Å². The first-order valence-electron chi connectivity index (χ1n) is 11.6. The van der Waals surface area contributed by atoms with Gasteiger partial charge in [-0.25, -0.2) is 4.39 Å². The van der Waals surface area contributed by atoms with Gasteiger partial charge in [0.25, 0.3) is 5.56 Å². The average Bonchev–Trinajstić information content (AvgIpc) is 2.82. The second kappa shape index (κ2) is 11.9. The molecule has 0 unspecified atom stereocenters. The van der Waals surface area contributed by atoms with Crippen LogP contribution in [-0.2, 0) is 13.0 Å². The molecule has 0 radical (unpaired) electrons. The summed E-state index contributed by atoms with van der Waals surface area (Å²) in [5.41, 5.74) is 3.34. The van der Waals surface area contributed by atoms with Gasteiger partial charge >= 0.3 is 0 Å². The average molecular weight is 469 g/mol. The topological polar surface area (TPSA) is 51.4 Å². The van der Waals surface area contributed by atoms with Gasteiger partial charge in [0.2, 0.25) is 0 Å². The fourth-order valence-electron chi connectivity index (χ4n) is 3.86. The Hall–Kier alpha value is -2.77. The number of pyridine rings is 1. The van der Waals surface area contributed by atoms with Crippen LogP contribution in [0.5, 0.6) is 0 Å². The number of thiocarbonyl (C=S) groups is 1. The van der Waals surface area contributed by atoms with Crippen molar-refractivity contribution in [2.45, 2.75) is 40.2 Å². The molecular weight excluding hydrogens is 435 g/mol. The van der Waals surface area contributed by atoms with E-state index in [1.165, 1.54) is 17.7 Å². The lowest BCUT2D eigenvalue weighted by molar-refractivity contribution is 0.281. The highest BCUT2D eigenvalue weighted by Crippen LogP contribution is 2.16. The summed E-state index contributed by atoms with van der Waals surface area (Å²) < 4.78 is 13.3. The fraction of sp³-hybridized carbons (Fsp3) is 0.385. The van der Waals surface area contributed by atoms with E-state index < -0.39 is 0 Å². The van der Waals surface area contributed by atoms with Crippen molar-refractivity contribution in [3.8, 4) is 0 Å². The van der Waals surface area contributed by atoms with Crippen LogP contribution < -0.4 is 10.9 Å². The molecule has 0 spiro atoms. The number of rotatable bonds is 10. The van der Waals surface area contributed by atoms with Crippen molar-refractivity contribution in [3.05, 3.63) is 75.8 Å². The molecule has 0 atom stereocenters. The Labute approximate surface area is 200 Å². The van der Waals surface area contributed by atoms with Crippen LogP contribution in [0, 0.1) is 5.82 Å². The van der Waals surface area contributed by atoms with Gasteiger partial charge in [0.1, 0.15) is 5.82 Å². The van der Waals surface area contributed by atoms with Crippen molar-refractivity contribution in [1.29, 1.82) is 0 Å². The highest BCUT2D eigenvalue weighted by molar-refractivity contribution is 7.80. The number of nitrogens with one attached hydrogen (secondary N) is 2. The maximum absolute atomic E-state index is 13.3. The summed E-state index contributed by atoms with van der Waals surface area (Å²) in [5, 5.41) is 4.73. The van der Waals surface area contributed by atoms with E-state index in [-0.39, 0.29) is 11.4 Å². The Bertz CT molecular complexity index is 1130. The first-order chi connectivity index (χ1) is 15.9. The van der Waals surface area contributed by atoms with Crippen LogP contribution in [0.1, 0.15) is 38.3 Å². The molecule has 3 rings (SSSR count). The number of aryl methyl sites for hydroxylation is 1. The first-order valence-corrected chi connectivity index (χ1v) is 12.0. The summed E-state index contributed by atoms with van der Waals surface area (Å²) in [6.07, 6.45) is 1.85. The molecule has 0 fully saturated rings. The Morgan fingerprint density at radius 3 is 2.42 bits per heavy atom. The van der Waals surface area contributed by atoms with E-state index in [1.54, 1.807) is 12.1 Å². The van der Waals surface area contributed by atoms with E-state index in [0.717, 1.165) is 49.1 Å². The van der Waals surface area contributed by atoms with Gasteiger partial charge in [-0.05, 0) is 98.1 Å². The number of nitrogens with zero attached hydrogens (tertiary/aromatic N) is 2. The third-order valence-corrected chi connectivity index (χ3v) is 6.29. The minimum absolute atomic E-state index is 0.106. The predicted octanol–water partition coefficient (Wildman–Crippen LogP) is 5.16. The van der Waals surface area contributed by atoms with E-state index >= 15 is 0 Å². The van der Waals surface area contributed by atoms with Crippen LogP contribution in [0.3, 0.4) is 0 Å². The van der Waals surface area contributed by atoms with Crippen LogP contribution in [0.4, 0.5) is 10.1 Å². The number of hydrogen-bond donors (Lipinski definition) is 2. The molecule has 3 aromatic rings. The lowest BCUT2D eigenvalue weighted by Gasteiger charge is -2.27. The van der Waals surface area contributed by atoms with Gasteiger partial charge in [0.05, 0.1) is 6.54 Å². The summed E-state index contributed by atoms with van der Waals surface area (Å²) in [6, 6.07) is 14.2. The minimum atomic E-state index is -0.295. The van der Waals surface area contributed by atoms with Gasteiger partial charge in [0, 0.05) is 23.3 Å². The molecule has 0 amide bonds. The summed E-state index contributed by atoms with van der Waals surface area (Å²) in [5.74, 6) is -0.295. The molecule has 0 saturated carbocycles. The number of H-pyrrole nitrogens is 1. The number of aromatic nitrogens is 1. The fourth-order valence-corrected chi connectivity index (χ4v) is 4.13. The van der Waals surface area contributed by atoms with Gasteiger partial charge in [-0.3, -0.25) is 4.79 Å². The number of fused-ring (bicyclic) bond motifs is 1. The molecule has 176 valence electrons. The smallest absolute Gasteiger partial charge is 0.253 e. The van der Waals surface area contributed by atoms with E-state index in [4.69, 9.17) is 12.2 Å². The van der Waals surface area contributed by atoms with Crippen LogP contribution in [0.2, 0.25) is 0 Å². The quantitative estimate of drug-likeness (QED) is 0.403. The molecule has 5 nitrogen and oxygen atoms in total. The van der Waals surface area contributed by atoms with Gasteiger partial charge < -0.3 is 20.1 Å². The zero-order chi connectivity index (χ0) is 23.8. The summed E-state index contributed by atoms with van der Waals surface area (Å²) >= 11 is 5.70. The maximum atomic E-state index is 13.3. The number of aromatic amines is 1. The van der Waals surface area contributed by atoms with E-state index in [9.17, 15) is 9.18 Å². The number of halogens is 1. The highest BCUT2D eigenvalue weighted by atomic mass is 32.1. The summed E-state index contributed by atoms with van der Waals surface area (Å²) in [4.78, 5) is 20.2. The molecule has 0 aliphatic heterocycles. The first kappa shape index (κ1) is 24.9. The highest BCUT2D eigenvalue weighted by Gasteiger charge is 2.14. The van der Waals surface area contributed by atoms with Gasteiger partial charge in [-0.15, -0.1) is 0 Å². The Kier molecular flexibility index (Phi) is 8.97. The van der Waals surface area contributed by atoms with Crippen LogP contribution in [0.15, 0.2) is 53.3 Å². The summed E-state index contributed by atoms with van der Waals surface area (Å²) in [6.45, 7) is 10.5. The second-order valence-corrected chi connectivity index (χ2v) is 8.52. The molecule has 0 aliphatic rings. The molecule has 33 heavy (non-hydrogen) atoms. The van der Waals surface area contributed by atoms with Crippen LogP contribution in [-0.4, -0.2) is 46.1 Å². The van der Waals surface area contributed by atoms with Crippen molar-refractivity contribution in [3.63, 3.8) is 0 Å². The lowest BCUT2D eigenvalue weighted by atomic mass is 10.1. The molecular formula is C26H33FN4OS. The molecule has 7 heteroatoms. The molecule has 2 aromatic carbocycles. The Morgan fingerprint density at radius 1 is 1.03 bits per heavy atom. The van der Waals surface area contributed by atoms with E-state index in [0.29, 0.717) is 23.8 Å². The van der Waals surface area contributed by atoms with Crippen molar-refractivity contribution < 1.29 is 4.39 Å². The van der Waals surface area contributed by atoms with Gasteiger partial charge in [-0.2, -0.15) is 0 Å². The zero-order valence-corrected chi connectivity index (χ0v) is 20.5. The maximum Gasteiger partial charge on any atom is 0.253 e. The normalized spacial score (nSPS) is 11.2. The van der Waals surface area contributed by atoms with E-state index in [1.807, 2.05) is 23.1 Å². The van der Waals surface area contributed by atoms with Crippen molar-refractivity contribution in [2.75, 3.05) is 31.5 Å². The standard InChI is InChI=1S/C26H33FN4OS/c1-4-19-8-13-24-20(16-19)17-21(25(32)29-24)18-31(15-7-14-30(5-2)6-3)26(33)28-23-11-9-22(27)10-12-23/h8-13,16-17H,4-7,14-15,18H2,1-3H3,(H,28,33)(H,29,32). The Balaban J connectivity index is 1.82. The molecule has 2 N–H and O–H groups in total. The molecule has 1 aromatic heterocycles. The SMILES string of the molecule is CCc1ccc2[nH]c(=O)c(CN(CCCN(CC)CC)C(=S)Nc3ccc(F)cc3)cc2c1. The predicted molar refractivity (Wildman–Crippen MR) is 139 cm³/mol. The zero-order valence-electron chi connectivity index (χ0n) is 19.7. The van der Waals surface area contributed by atoms with Crippen molar-refractivity contribution in [1.82, 2.24) is 14.8 Å². The van der Waals surface area contributed by atoms with Crippen molar-refractivity contribution in [2.24, 2.45) is 0 Å². The van der Waals surface area contributed by atoms with Crippen LogP contribution >= 0.6 is 12.2 Å². The van der Waals surface area contributed by atoms with Gasteiger partial charge in [-0.1, -0.05) is 26.8 Å². The molecule has 0 bridgehead atoms. The monoisotopic (exact) mass is 468 g/mol. The third-order valence-electron chi connectivity index (χ3n) is 5.93. The second-order valence-electron chi connectivity index (χ2n) is 8.14. The van der Waals surface area contributed by atoms with Crippen LogP contribution in [0.25, 0.3) is 10.9 Å². The molecule has 0 aliphatic carbocycles. The number of anilines is 1. The lowest BCUT2D eigenvalue weighted by Crippen LogP contribution is -2.38. The third kappa shape index (κ3) is 6.85. The van der Waals surface area contributed by atoms with Crippen molar-refractivity contribution >= 4 is 33.9 Å². The molecule has 0 saturated heterocycles. The number of benzene rings is 2. The minimum Gasteiger partial charge on any atom is -0.344 e. The largest absolute Gasteiger partial charge is 0.344 e. The Morgan fingerprint density at radius 2 is 1.76 bits per heavy atom. The summed E-state index contributed by atoms with van der Waals surface area (Å²) in [7, 11) is 0. The van der Waals surface area contributed by atoms with E-state index in [2.05, 4.69) is 42.0 Å². The number of hydrogen-bond acceptors (Lipinski definition) is 3.